The molecule has 1 N–H and O–H groups in total. The molecule has 0 saturated heterocycles. The summed E-state index contributed by atoms with van der Waals surface area (Å²) in [6, 6.07) is 11.5. The number of methoxy groups -OCH3 is 1. The lowest BCUT2D eigenvalue weighted by atomic mass is 9.93. The van der Waals surface area contributed by atoms with Crippen molar-refractivity contribution in [3.63, 3.8) is 0 Å². The molecule has 1 aliphatic heterocycles. The maximum Gasteiger partial charge on any atom is 0.321 e. The van der Waals surface area contributed by atoms with Crippen molar-refractivity contribution in [2.45, 2.75) is 25.6 Å². The summed E-state index contributed by atoms with van der Waals surface area (Å²) in [5.41, 5.74) is 2.76. The van der Waals surface area contributed by atoms with Crippen LogP contribution in [-0.4, -0.2) is 29.1 Å². The lowest BCUT2D eigenvalue weighted by molar-refractivity contribution is -0.144. The Morgan fingerprint density at radius 1 is 1.26 bits per heavy atom. The molecule has 0 saturated carbocycles. The molecular formula is C18H18FNO3. The van der Waals surface area contributed by atoms with E-state index < -0.39 is 12.0 Å². The van der Waals surface area contributed by atoms with Gasteiger partial charge in [-0.3, -0.25) is 9.69 Å². The van der Waals surface area contributed by atoms with Crippen LogP contribution in [0.5, 0.6) is 5.75 Å². The molecule has 0 fully saturated rings. The fraction of sp³-hybridized carbons (Fsp3) is 0.278. The number of ether oxygens (including phenoxy) is 1. The minimum atomic E-state index is -0.853. The normalized spacial score (nSPS) is 17.6. The van der Waals surface area contributed by atoms with Crippen molar-refractivity contribution in [2.24, 2.45) is 0 Å². The largest absolute Gasteiger partial charge is 0.497 e. The van der Waals surface area contributed by atoms with Gasteiger partial charge in [-0.1, -0.05) is 18.2 Å². The van der Waals surface area contributed by atoms with Crippen LogP contribution in [-0.2, 0) is 24.3 Å². The third-order valence-corrected chi connectivity index (χ3v) is 4.23. The minimum absolute atomic E-state index is 0.290. The van der Waals surface area contributed by atoms with Crippen LogP contribution >= 0.6 is 0 Å². The van der Waals surface area contributed by atoms with Gasteiger partial charge < -0.3 is 9.84 Å². The summed E-state index contributed by atoms with van der Waals surface area (Å²) in [5, 5.41) is 9.51. The van der Waals surface area contributed by atoms with Crippen molar-refractivity contribution in [1.82, 2.24) is 4.90 Å². The number of hydrogen-bond donors (Lipinski definition) is 1. The Bertz CT molecular complexity index is 715. The first-order valence-electron chi connectivity index (χ1n) is 7.44. The maximum absolute atomic E-state index is 13.4. The summed E-state index contributed by atoms with van der Waals surface area (Å²) in [7, 11) is 1.60. The summed E-state index contributed by atoms with van der Waals surface area (Å²) >= 11 is 0. The second-order valence-electron chi connectivity index (χ2n) is 5.72. The first kappa shape index (κ1) is 15.5. The average molecular weight is 315 g/mol. The standard InChI is InChI=1S/C18H18FNO3/c1-23-16-6-2-12(3-7-16)10-20-11-14-8-15(19)5-4-13(14)9-17(20)18(21)22/h2-8,17H,9-11H2,1H3,(H,21,22)/t17-/m0/s1. The van der Waals surface area contributed by atoms with Gasteiger partial charge in [0.05, 0.1) is 7.11 Å². The van der Waals surface area contributed by atoms with E-state index in [4.69, 9.17) is 4.74 Å². The molecule has 0 bridgehead atoms. The van der Waals surface area contributed by atoms with E-state index in [9.17, 15) is 14.3 Å². The van der Waals surface area contributed by atoms with E-state index in [1.54, 1.807) is 13.2 Å². The summed E-state index contributed by atoms with van der Waals surface area (Å²) in [4.78, 5) is 13.5. The summed E-state index contributed by atoms with van der Waals surface area (Å²) < 4.78 is 18.6. The molecule has 3 rings (SSSR count). The predicted molar refractivity (Wildman–Crippen MR) is 83.8 cm³/mol. The smallest absolute Gasteiger partial charge is 0.321 e. The van der Waals surface area contributed by atoms with E-state index in [0.717, 1.165) is 22.4 Å². The molecule has 23 heavy (non-hydrogen) atoms. The zero-order chi connectivity index (χ0) is 16.4. The van der Waals surface area contributed by atoms with Crippen molar-refractivity contribution < 1.29 is 19.0 Å². The molecule has 4 nitrogen and oxygen atoms in total. The number of nitrogens with zero attached hydrogens (tertiary/aromatic N) is 1. The molecule has 5 heteroatoms. The number of aliphatic carboxylic acids is 1. The Labute approximate surface area is 134 Å². The fourth-order valence-corrected chi connectivity index (χ4v) is 2.98. The molecule has 2 aromatic rings. The molecule has 0 radical (unpaired) electrons. The molecule has 120 valence electrons. The minimum Gasteiger partial charge on any atom is -0.497 e. The quantitative estimate of drug-likeness (QED) is 0.942. The van der Waals surface area contributed by atoms with E-state index in [1.165, 1.54) is 12.1 Å². The maximum atomic E-state index is 13.4. The van der Waals surface area contributed by atoms with E-state index in [2.05, 4.69) is 0 Å². The molecule has 2 aromatic carbocycles. The number of carboxylic acid groups (broad SMARTS) is 1. The van der Waals surface area contributed by atoms with Crippen LogP contribution in [0.2, 0.25) is 0 Å². The molecule has 0 amide bonds. The van der Waals surface area contributed by atoms with Crippen LogP contribution in [0.1, 0.15) is 16.7 Å². The van der Waals surface area contributed by atoms with Crippen molar-refractivity contribution in [3.8, 4) is 5.75 Å². The van der Waals surface area contributed by atoms with Crippen LogP contribution in [0.15, 0.2) is 42.5 Å². The monoisotopic (exact) mass is 315 g/mol. The van der Waals surface area contributed by atoms with Gasteiger partial charge in [-0.05, 0) is 47.4 Å². The lowest BCUT2D eigenvalue weighted by Gasteiger charge is -2.34. The lowest BCUT2D eigenvalue weighted by Crippen LogP contribution is -2.45. The summed E-state index contributed by atoms with van der Waals surface area (Å²) in [6.07, 6.45) is 0.390. The third kappa shape index (κ3) is 3.35. The third-order valence-electron chi connectivity index (χ3n) is 4.23. The first-order chi connectivity index (χ1) is 11.1. The fourth-order valence-electron chi connectivity index (χ4n) is 2.98. The van der Waals surface area contributed by atoms with Crippen LogP contribution < -0.4 is 4.74 Å². The number of rotatable bonds is 4. The number of fused-ring (bicyclic) bond motifs is 1. The van der Waals surface area contributed by atoms with Crippen molar-refractivity contribution in [2.75, 3.05) is 7.11 Å². The predicted octanol–water partition coefficient (Wildman–Crippen LogP) is 2.85. The van der Waals surface area contributed by atoms with Crippen LogP contribution in [0.4, 0.5) is 4.39 Å². The Morgan fingerprint density at radius 3 is 2.65 bits per heavy atom. The molecule has 1 aliphatic rings. The van der Waals surface area contributed by atoms with Crippen LogP contribution in [0.25, 0.3) is 0 Å². The van der Waals surface area contributed by atoms with Gasteiger partial charge in [-0.15, -0.1) is 0 Å². The SMILES string of the molecule is COc1ccc(CN2Cc3cc(F)ccc3C[C@H]2C(=O)O)cc1. The van der Waals surface area contributed by atoms with Gasteiger partial charge in [0, 0.05) is 13.1 Å². The highest BCUT2D eigenvalue weighted by atomic mass is 19.1. The molecule has 0 aromatic heterocycles. The van der Waals surface area contributed by atoms with Crippen molar-refractivity contribution in [3.05, 3.63) is 65.0 Å². The second-order valence-corrected chi connectivity index (χ2v) is 5.72. The van der Waals surface area contributed by atoms with Crippen molar-refractivity contribution in [1.29, 1.82) is 0 Å². The zero-order valence-electron chi connectivity index (χ0n) is 12.8. The van der Waals surface area contributed by atoms with E-state index in [0.29, 0.717) is 19.5 Å². The van der Waals surface area contributed by atoms with E-state index in [1.807, 2.05) is 29.2 Å². The molecule has 0 aliphatic carbocycles. The average Bonchev–Trinajstić information content (AvgIpc) is 2.54. The number of carboxylic acids is 1. The van der Waals surface area contributed by atoms with Gasteiger partial charge in [-0.2, -0.15) is 0 Å². The number of carbonyl (C=O) groups is 1. The summed E-state index contributed by atoms with van der Waals surface area (Å²) in [5.74, 6) is -0.384. The van der Waals surface area contributed by atoms with Crippen LogP contribution in [0.3, 0.4) is 0 Å². The van der Waals surface area contributed by atoms with E-state index >= 15 is 0 Å². The Balaban J connectivity index is 1.84. The number of halogens is 1. The van der Waals surface area contributed by atoms with E-state index in [-0.39, 0.29) is 5.82 Å². The molecule has 0 spiro atoms. The van der Waals surface area contributed by atoms with Crippen LogP contribution in [0, 0.1) is 5.82 Å². The molecular weight excluding hydrogens is 297 g/mol. The van der Waals surface area contributed by atoms with Crippen molar-refractivity contribution >= 4 is 5.97 Å². The topological polar surface area (TPSA) is 49.8 Å². The van der Waals surface area contributed by atoms with Gasteiger partial charge in [0.1, 0.15) is 17.6 Å². The molecule has 1 atom stereocenters. The zero-order valence-corrected chi connectivity index (χ0v) is 12.8. The molecule has 0 unspecified atom stereocenters. The van der Waals surface area contributed by atoms with Gasteiger partial charge in [0.15, 0.2) is 0 Å². The van der Waals surface area contributed by atoms with Gasteiger partial charge in [0.25, 0.3) is 0 Å². The number of benzene rings is 2. The Hall–Kier alpha value is -2.40. The van der Waals surface area contributed by atoms with Gasteiger partial charge in [0.2, 0.25) is 0 Å². The van der Waals surface area contributed by atoms with Gasteiger partial charge >= 0.3 is 5.97 Å². The Kier molecular flexibility index (Phi) is 4.30. The second kappa shape index (κ2) is 6.38. The highest BCUT2D eigenvalue weighted by molar-refractivity contribution is 5.74. The highest BCUT2D eigenvalue weighted by Crippen LogP contribution is 2.26. The van der Waals surface area contributed by atoms with Gasteiger partial charge in [-0.25, -0.2) is 4.39 Å². The summed E-state index contributed by atoms with van der Waals surface area (Å²) in [6.45, 7) is 0.924. The Morgan fingerprint density at radius 2 is 2.00 bits per heavy atom. The first-order valence-corrected chi connectivity index (χ1v) is 7.44. The number of hydrogen-bond acceptors (Lipinski definition) is 3. The highest BCUT2D eigenvalue weighted by Gasteiger charge is 2.31. The molecule has 1 heterocycles.